The van der Waals surface area contributed by atoms with Crippen molar-refractivity contribution in [2.75, 3.05) is 20.2 Å². The van der Waals surface area contributed by atoms with Crippen LogP contribution in [0.4, 0.5) is 9.18 Å². The summed E-state index contributed by atoms with van der Waals surface area (Å²) in [5.74, 6) is 0.245. The number of methoxy groups -OCH3 is 1. The third kappa shape index (κ3) is 4.84. The summed E-state index contributed by atoms with van der Waals surface area (Å²) in [6.45, 7) is 3.14. The molecule has 4 rings (SSSR count). The molecule has 1 aliphatic rings. The van der Waals surface area contributed by atoms with E-state index < -0.39 is 6.09 Å². The van der Waals surface area contributed by atoms with E-state index in [2.05, 4.69) is 5.32 Å². The van der Waals surface area contributed by atoms with E-state index >= 15 is 0 Å². The molecule has 3 aromatic rings. The van der Waals surface area contributed by atoms with Crippen molar-refractivity contribution in [3.8, 4) is 16.9 Å². The maximum absolute atomic E-state index is 13.7. The van der Waals surface area contributed by atoms with Crippen molar-refractivity contribution in [3.63, 3.8) is 0 Å². The number of benzene rings is 2. The van der Waals surface area contributed by atoms with E-state index in [4.69, 9.17) is 9.84 Å². The van der Waals surface area contributed by atoms with Crippen molar-refractivity contribution in [3.05, 3.63) is 77.4 Å². The van der Waals surface area contributed by atoms with Gasteiger partial charge in [-0.25, -0.2) is 9.18 Å². The fourth-order valence-corrected chi connectivity index (χ4v) is 4.34. The molecule has 33 heavy (non-hydrogen) atoms. The molecule has 2 amide bonds. The van der Waals surface area contributed by atoms with Crippen LogP contribution >= 0.6 is 0 Å². The number of hydrogen-bond acceptors (Lipinski definition) is 3. The predicted molar refractivity (Wildman–Crippen MR) is 122 cm³/mol. The van der Waals surface area contributed by atoms with Gasteiger partial charge in [0.1, 0.15) is 17.3 Å². The van der Waals surface area contributed by atoms with Gasteiger partial charge in [-0.3, -0.25) is 4.79 Å². The maximum Gasteiger partial charge on any atom is 0.404 e. The zero-order valence-corrected chi connectivity index (χ0v) is 18.5. The smallest absolute Gasteiger partial charge is 0.404 e. The molecule has 0 radical (unpaired) electrons. The van der Waals surface area contributed by atoms with Crippen LogP contribution in [0, 0.1) is 12.7 Å². The van der Waals surface area contributed by atoms with Crippen LogP contribution in [-0.4, -0.2) is 52.8 Å². The summed E-state index contributed by atoms with van der Waals surface area (Å²) in [7, 11) is 1.60. The van der Waals surface area contributed by atoms with E-state index in [1.54, 1.807) is 24.1 Å². The van der Waals surface area contributed by atoms with Crippen molar-refractivity contribution in [2.45, 2.75) is 25.9 Å². The lowest BCUT2D eigenvalue weighted by Crippen LogP contribution is -2.38. The average Bonchev–Trinajstić information content (AvgIpc) is 3.38. The Bertz CT molecular complexity index is 1160. The number of rotatable bonds is 6. The Morgan fingerprint density at radius 3 is 2.48 bits per heavy atom. The van der Waals surface area contributed by atoms with Gasteiger partial charge in [0.2, 0.25) is 0 Å². The minimum Gasteiger partial charge on any atom is -0.497 e. The minimum absolute atomic E-state index is 0.161. The minimum atomic E-state index is -1.09. The molecule has 0 spiro atoms. The molecular formula is C25H26FN3O4. The highest BCUT2D eigenvalue weighted by molar-refractivity contribution is 6.01. The molecule has 1 saturated heterocycles. The average molecular weight is 451 g/mol. The van der Waals surface area contributed by atoms with Crippen LogP contribution in [0.1, 0.15) is 28.0 Å². The summed E-state index contributed by atoms with van der Waals surface area (Å²) in [6.07, 6.45) is 1.40. The summed E-state index contributed by atoms with van der Waals surface area (Å²) >= 11 is 0. The first-order valence-electron chi connectivity index (χ1n) is 10.7. The molecular weight excluding hydrogens is 425 g/mol. The Balaban J connectivity index is 1.73. The molecule has 0 aliphatic carbocycles. The lowest BCUT2D eigenvalue weighted by atomic mass is 10.0. The van der Waals surface area contributed by atoms with Crippen LogP contribution in [0.5, 0.6) is 5.75 Å². The van der Waals surface area contributed by atoms with Crippen LogP contribution in [0.3, 0.4) is 0 Å². The largest absolute Gasteiger partial charge is 0.497 e. The molecule has 2 heterocycles. The second-order valence-electron chi connectivity index (χ2n) is 8.20. The van der Waals surface area contributed by atoms with Crippen molar-refractivity contribution in [1.29, 1.82) is 0 Å². The SMILES string of the molecule is COc1ccc(-c2c(C)cn(Cc3ccc(F)cc3)c2C(=O)N2CCC(NC(=O)O)C2)cc1. The number of carboxylic acid groups (broad SMARTS) is 1. The number of nitrogens with zero attached hydrogens (tertiary/aromatic N) is 2. The fourth-order valence-electron chi connectivity index (χ4n) is 4.34. The highest BCUT2D eigenvalue weighted by Gasteiger charge is 2.32. The molecule has 8 heteroatoms. The summed E-state index contributed by atoms with van der Waals surface area (Å²) < 4.78 is 20.5. The highest BCUT2D eigenvalue weighted by atomic mass is 19.1. The zero-order valence-electron chi connectivity index (χ0n) is 18.5. The first-order valence-corrected chi connectivity index (χ1v) is 10.7. The monoisotopic (exact) mass is 451 g/mol. The molecule has 2 N–H and O–H groups in total. The van der Waals surface area contributed by atoms with Gasteiger partial charge in [-0.05, 0) is 54.3 Å². The summed E-state index contributed by atoms with van der Waals surface area (Å²) in [6, 6.07) is 13.4. The molecule has 1 aliphatic heterocycles. The lowest BCUT2D eigenvalue weighted by Gasteiger charge is -2.20. The maximum atomic E-state index is 13.7. The predicted octanol–water partition coefficient (Wildman–Crippen LogP) is 4.14. The Labute approximate surface area is 191 Å². The van der Waals surface area contributed by atoms with Crippen molar-refractivity contribution < 1.29 is 23.8 Å². The number of likely N-dealkylation sites (tertiary alicyclic amines) is 1. The van der Waals surface area contributed by atoms with Gasteiger partial charge in [0, 0.05) is 31.4 Å². The number of amides is 2. The third-order valence-corrected chi connectivity index (χ3v) is 5.92. The molecule has 1 atom stereocenters. The number of nitrogens with one attached hydrogen (secondary N) is 1. The van der Waals surface area contributed by atoms with Gasteiger partial charge in [-0.15, -0.1) is 0 Å². The van der Waals surface area contributed by atoms with Crippen LogP contribution in [0.25, 0.3) is 11.1 Å². The van der Waals surface area contributed by atoms with Gasteiger partial charge in [-0.2, -0.15) is 0 Å². The van der Waals surface area contributed by atoms with E-state index in [9.17, 15) is 14.0 Å². The summed E-state index contributed by atoms with van der Waals surface area (Å²) in [4.78, 5) is 26.4. The topological polar surface area (TPSA) is 83.8 Å². The molecule has 1 unspecified atom stereocenters. The van der Waals surface area contributed by atoms with Crippen molar-refractivity contribution in [1.82, 2.24) is 14.8 Å². The number of halogens is 1. The van der Waals surface area contributed by atoms with Gasteiger partial charge in [0.05, 0.1) is 13.2 Å². The Morgan fingerprint density at radius 2 is 1.85 bits per heavy atom. The number of carbonyl (C=O) groups is 2. The molecule has 1 fully saturated rings. The number of aryl methyl sites for hydroxylation is 1. The van der Waals surface area contributed by atoms with E-state index in [0.717, 1.165) is 28.0 Å². The Morgan fingerprint density at radius 1 is 1.15 bits per heavy atom. The van der Waals surface area contributed by atoms with Crippen LogP contribution < -0.4 is 10.1 Å². The van der Waals surface area contributed by atoms with Gasteiger partial charge in [0.25, 0.3) is 5.91 Å². The van der Waals surface area contributed by atoms with Gasteiger partial charge >= 0.3 is 6.09 Å². The Hall–Kier alpha value is -3.81. The van der Waals surface area contributed by atoms with Crippen LogP contribution in [0.2, 0.25) is 0 Å². The number of ether oxygens (including phenoxy) is 1. The summed E-state index contributed by atoms with van der Waals surface area (Å²) in [5.41, 5.74) is 4.03. The summed E-state index contributed by atoms with van der Waals surface area (Å²) in [5, 5.41) is 11.5. The molecule has 172 valence electrons. The normalized spacial score (nSPS) is 15.5. The lowest BCUT2D eigenvalue weighted by molar-refractivity contribution is 0.0779. The molecule has 0 bridgehead atoms. The van der Waals surface area contributed by atoms with E-state index in [1.165, 1.54) is 12.1 Å². The van der Waals surface area contributed by atoms with Crippen LogP contribution in [0.15, 0.2) is 54.7 Å². The second kappa shape index (κ2) is 9.36. The number of aromatic nitrogens is 1. The molecule has 1 aromatic heterocycles. The second-order valence-corrected chi connectivity index (χ2v) is 8.20. The van der Waals surface area contributed by atoms with Gasteiger partial charge < -0.3 is 24.6 Å². The first-order chi connectivity index (χ1) is 15.9. The Kier molecular flexibility index (Phi) is 6.35. The highest BCUT2D eigenvalue weighted by Crippen LogP contribution is 2.33. The molecule has 7 nitrogen and oxygen atoms in total. The van der Waals surface area contributed by atoms with E-state index in [1.807, 2.05) is 42.0 Å². The molecule has 0 saturated carbocycles. The first kappa shape index (κ1) is 22.4. The number of carbonyl (C=O) groups excluding carboxylic acids is 1. The van der Waals surface area contributed by atoms with Crippen molar-refractivity contribution in [2.24, 2.45) is 0 Å². The van der Waals surface area contributed by atoms with Gasteiger partial charge in [0.15, 0.2) is 0 Å². The third-order valence-electron chi connectivity index (χ3n) is 5.92. The van der Waals surface area contributed by atoms with Gasteiger partial charge in [-0.1, -0.05) is 24.3 Å². The number of hydrogen-bond donors (Lipinski definition) is 2. The van der Waals surface area contributed by atoms with E-state index in [-0.39, 0.29) is 17.8 Å². The van der Waals surface area contributed by atoms with E-state index in [0.29, 0.717) is 31.7 Å². The standard InChI is InChI=1S/C25H26FN3O4/c1-16-13-29(14-17-3-7-19(26)8-4-17)23(22(16)18-5-9-21(33-2)10-6-18)24(30)28-12-11-20(15-28)27-25(31)32/h3-10,13,20,27H,11-12,14-15H2,1-2H3,(H,31,32). The zero-order chi connectivity index (χ0) is 23.5. The van der Waals surface area contributed by atoms with Crippen LogP contribution in [-0.2, 0) is 6.54 Å². The fraction of sp³-hybridized carbons (Fsp3) is 0.280. The van der Waals surface area contributed by atoms with Crippen molar-refractivity contribution >= 4 is 12.0 Å². The quantitative estimate of drug-likeness (QED) is 0.590. The molecule has 2 aromatic carbocycles.